The van der Waals surface area contributed by atoms with E-state index in [1.54, 1.807) is 0 Å². The van der Waals surface area contributed by atoms with E-state index in [2.05, 4.69) is 18.8 Å². The van der Waals surface area contributed by atoms with Crippen LogP contribution in [0.1, 0.15) is 13.8 Å². The highest BCUT2D eigenvalue weighted by Crippen LogP contribution is 2.12. The molecule has 0 aromatic carbocycles. The van der Waals surface area contributed by atoms with Gasteiger partial charge in [-0.25, -0.2) is 4.99 Å². The van der Waals surface area contributed by atoms with Gasteiger partial charge in [0.1, 0.15) is 6.61 Å². The fourth-order valence-corrected chi connectivity index (χ4v) is 0.815. The number of aliphatic imine (C=N–C) groups is 1. The van der Waals surface area contributed by atoms with E-state index in [1.165, 1.54) is 0 Å². The maximum atomic E-state index is 10.1. The molecule has 1 aliphatic heterocycles. The van der Waals surface area contributed by atoms with Crippen molar-refractivity contribution in [1.82, 2.24) is 0 Å². The third-order valence-electron chi connectivity index (χ3n) is 1.57. The summed E-state index contributed by atoms with van der Waals surface area (Å²) in [5.74, 6) is 0.705. The first-order chi connectivity index (χ1) is 4.74. The van der Waals surface area contributed by atoms with Crippen molar-refractivity contribution in [2.24, 2.45) is 10.9 Å². The van der Waals surface area contributed by atoms with Gasteiger partial charge >= 0.3 is 0 Å². The zero-order valence-electron chi connectivity index (χ0n) is 6.20. The van der Waals surface area contributed by atoms with Gasteiger partial charge in [0.2, 0.25) is 12.2 Å². The van der Waals surface area contributed by atoms with Gasteiger partial charge in [0, 0.05) is 0 Å². The second-order valence-electron chi connectivity index (χ2n) is 2.71. The van der Waals surface area contributed by atoms with Crippen molar-refractivity contribution >= 4 is 12.2 Å². The molecule has 0 aromatic heterocycles. The van der Waals surface area contributed by atoms with Crippen molar-refractivity contribution in [3.8, 4) is 0 Å². The van der Waals surface area contributed by atoms with Gasteiger partial charge in [-0.15, -0.1) is 0 Å². The van der Waals surface area contributed by atoms with E-state index in [4.69, 9.17) is 4.74 Å². The zero-order chi connectivity index (χ0) is 7.56. The van der Waals surface area contributed by atoms with Gasteiger partial charge in [0.05, 0.1) is 6.04 Å². The van der Waals surface area contributed by atoms with Gasteiger partial charge in [-0.3, -0.25) is 4.79 Å². The minimum absolute atomic E-state index is 0.181. The molecule has 0 bridgehead atoms. The van der Waals surface area contributed by atoms with Gasteiger partial charge in [-0.2, -0.15) is 0 Å². The maximum absolute atomic E-state index is 10.1. The Morgan fingerprint density at radius 2 is 2.50 bits per heavy atom. The normalized spacial score (nSPS) is 24.3. The molecule has 1 rings (SSSR count). The molecular weight excluding hydrogens is 130 g/mol. The summed E-state index contributed by atoms with van der Waals surface area (Å²) in [5, 5.41) is 0. The number of rotatable bonds is 2. The maximum Gasteiger partial charge on any atom is 0.250 e. The summed E-state index contributed by atoms with van der Waals surface area (Å²) in [6, 6.07) is 0.181. The third-order valence-corrected chi connectivity index (χ3v) is 1.57. The monoisotopic (exact) mass is 141 g/mol. The molecule has 0 amide bonds. The Balaban J connectivity index is 2.54. The van der Waals surface area contributed by atoms with Gasteiger partial charge in [-0.1, -0.05) is 13.8 Å². The van der Waals surface area contributed by atoms with Crippen LogP contribution < -0.4 is 0 Å². The Hall–Kier alpha value is -0.860. The highest BCUT2D eigenvalue weighted by molar-refractivity contribution is 6.24. The molecule has 56 valence electrons. The Kier molecular flexibility index (Phi) is 2.04. The Labute approximate surface area is 60.1 Å². The summed E-state index contributed by atoms with van der Waals surface area (Å²) in [4.78, 5) is 14.2. The van der Waals surface area contributed by atoms with Crippen molar-refractivity contribution in [3.63, 3.8) is 0 Å². The van der Waals surface area contributed by atoms with Crippen LogP contribution >= 0.6 is 0 Å². The first-order valence-corrected chi connectivity index (χ1v) is 3.40. The van der Waals surface area contributed by atoms with Gasteiger partial charge in [0.25, 0.3) is 0 Å². The molecule has 1 heterocycles. The minimum atomic E-state index is 0.181. The number of carbonyl (C=O) groups excluding carboxylic acids is 1. The minimum Gasteiger partial charge on any atom is -0.473 e. The van der Waals surface area contributed by atoms with E-state index in [0.717, 1.165) is 0 Å². The van der Waals surface area contributed by atoms with Gasteiger partial charge < -0.3 is 4.74 Å². The highest BCUT2D eigenvalue weighted by Gasteiger charge is 2.20. The Morgan fingerprint density at radius 3 is 2.80 bits per heavy atom. The molecule has 0 saturated heterocycles. The van der Waals surface area contributed by atoms with E-state index in [-0.39, 0.29) is 11.9 Å². The molecule has 1 atom stereocenters. The lowest BCUT2D eigenvalue weighted by molar-refractivity contribution is -0.103. The molecule has 0 aromatic rings. The number of aldehydes is 1. The van der Waals surface area contributed by atoms with E-state index in [9.17, 15) is 4.79 Å². The average Bonchev–Trinajstić information content (AvgIpc) is 2.34. The van der Waals surface area contributed by atoms with E-state index in [0.29, 0.717) is 18.8 Å². The van der Waals surface area contributed by atoms with Crippen molar-refractivity contribution in [2.45, 2.75) is 19.9 Å². The van der Waals surface area contributed by atoms with Crippen LogP contribution in [-0.2, 0) is 9.53 Å². The lowest BCUT2D eigenvalue weighted by Crippen LogP contribution is -2.13. The summed E-state index contributed by atoms with van der Waals surface area (Å²) < 4.78 is 4.96. The lowest BCUT2D eigenvalue weighted by Gasteiger charge is -2.06. The fourth-order valence-electron chi connectivity index (χ4n) is 0.815. The largest absolute Gasteiger partial charge is 0.473 e. The molecule has 1 aliphatic rings. The molecule has 0 spiro atoms. The summed E-state index contributed by atoms with van der Waals surface area (Å²) in [6.45, 7) is 4.68. The second-order valence-corrected chi connectivity index (χ2v) is 2.71. The molecule has 3 nitrogen and oxygen atoms in total. The van der Waals surface area contributed by atoms with Crippen LogP contribution in [0.4, 0.5) is 0 Å². The van der Waals surface area contributed by atoms with E-state index in [1.807, 2.05) is 0 Å². The number of hydrogen-bond acceptors (Lipinski definition) is 3. The van der Waals surface area contributed by atoms with E-state index < -0.39 is 0 Å². The topological polar surface area (TPSA) is 38.7 Å². The fraction of sp³-hybridized carbons (Fsp3) is 0.714. The number of hydrogen-bond donors (Lipinski definition) is 0. The molecule has 0 aliphatic carbocycles. The van der Waals surface area contributed by atoms with Crippen molar-refractivity contribution < 1.29 is 9.53 Å². The van der Waals surface area contributed by atoms with Crippen molar-refractivity contribution in [3.05, 3.63) is 0 Å². The molecule has 0 fully saturated rings. The number of nitrogens with zero attached hydrogens (tertiary/aromatic N) is 1. The molecule has 3 heteroatoms. The van der Waals surface area contributed by atoms with E-state index >= 15 is 0 Å². The van der Waals surface area contributed by atoms with Gasteiger partial charge in [-0.05, 0) is 5.92 Å². The molecular formula is C7H11NO2. The SMILES string of the molecule is CC(C)[C@@H]1COC(C=O)=N1. The summed E-state index contributed by atoms with van der Waals surface area (Å²) in [7, 11) is 0. The third kappa shape index (κ3) is 1.35. The predicted octanol–water partition coefficient (Wildman–Crippen LogP) is 0.639. The molecule has 0 saturated carbocycles. The lowest BCUT2D eigenvalue weighted by atomic mass is 10.1. The molecule has 0 radical (unpaired) electrons. The number of carbonyl (C=O) groups is 1. The predicted molar refractivity (Wildman–Crippen MR) is 38.1 cm³/mol. The Bertz CT molecular complexity index is 163. The molecule has 0 unspecified atom stereocenters. The van der Waals surface area contributed by atoms with Crippen LogP contribution in [0.15, 0.2) is 4.99 Å². The average molecular weight is 141 g/mol. The van der Waals surface area contributed by atoms with Crippen molar-refractivity contribution in [2.75, 3.05) is 6.61 Å². The first-order valence-electron chi connectivity index (χ1n) is 3.40. The standard InChI is InChI=1S/C7H11NO2/c1-5(2)6-4-10-7(3-9)8-6/h3,5-6H,4H2,1-2H3/t6-/m0/s1. The van der Waals surface area contributed by atoms with Crippen LogP contribution in [0.5, 0.6) is 0 Å². The Morgan fingerprint density at radius 1 is 1.80 bits per heavy atom. The summed E-state index contributed by atoms with van der Waals surface area (Å²) in [6.07, 6.45) is 0.655. The van der Waals surface area contributed by atoms with Crippen molar-refractivity contribution in [1.29, 1.82) is 0 Å². The second kappa shape index (κ2) is 2.82. The molecule has 0 N–H and O–H groups in total. The highest BCUT2D eigenvalue weighted by atomic mass is 16.5. The summed E-state index contributed by atoms with van der Waals surface area (Å²) >= 11 is 0. The smallest absolute Gasteiger partial charge is 0.250 e. The van der Waals surface area contributed by atoms with Crippen LogP contribution in [0.3, 0.4) is 0 Å². The van der Waals surface area contributed by atoms with Gasteiger partial charge in [0.15, 0.2) is 0 Å². The first kappa shape index (κ1) is 7.25. The van der Waals surface area contributed by atoms with Crippen LogP contribution in [-0.4, -0.2) is 24.8 Å². The quantitative estimate of drug-likeness (QED) is 0.529. The summed E-state index contributed by atoms with van der Waals surface area (Å²) in [5.41, 5.74) is 0. The zero-order valence-corrected chi connectivity index (χ0v) is 6.20. The van der Waals surface area contributed by atoms with Crippen LogP contribution in [0.2, 0.25) is 0 Å². The van der Waals surface area contributed by atoms with Crippen LogP contribution in [0, 0.1) is 5.92 Å². The van der Waals surface area contributed by atoms with Crippen LogP contribution in [0.25, 0.3) is 0 Å². The molecule has 10 heavy (non-hydrogen) atoms. The number of ether oxygens (including phenoxy) is 1.